The number of imide groups is 1. The lowest BCUT2D eigenvalue weighted by atomic mass is 10.0. The van der Waals surface area contributed by atoms with Crippen molar-refractivity contribution in [2.24, 2.45) is 0 Å². The third kappa shape index (κ3) is 5.31. The van der Waals surface area contributed by atoms with Crippen LogP contribution < -0.4 is 16.0 Å². The average Bonchev–Trinajstić information content (AvgIpc) is 3.09. The summed E-state index contributed by atoms with van der Waals surface area (Å²) in [5.74, 6) is -0.264. The predicted octanol–water partition coefficient (Wildman–Crippen LogP) is 3.32. The SMILES string of the molecule is Cc1ccc(NC(=O)NCCSc2ccc3c(c2)CN(C2CCC(=O)NC2=O)C3=O)cc1Cl. The van der Waals surface area contributed by atoms with E-state index < -0.39 is 11.9 Å². The Kier molecular flexibility index (Phi) is 6.90. The number of piperidine rings is 1. The molecule has 1 unspecified atom stereocenters. The lowest BCUT2D eigenvalue weighted by Crippen LogP contribution is -2.52. The Bertz CT molecular complexity index is 1140. The van der Waals surface area contributed by atoms with Crippen LogP contribution in [0.15, 0.2) is 41.3 Å². The van der Waals surface area contributed by atoms with Gasteiger partial charge in [0.15, 0.2) is 0 Å². The van der Waals surface area contributed by atoms with Gasteiger partial charge >= 0.3 is 6.03 Å². The topological polar surface area (TPSA) is 108 Å². The van der Waals surface area contributed by atoms with Crippen LogP contribution >= 0.6 is 23.4 Å². The van der Waals surface area contributed by atoms with Gasteiger partial charge in [-0.15, -0.1) is 11.8 Å². The largest absolute Gasteiger partial charge is 0.337 e. The Morgan fingerprint density at radius 1 is 1.21 bits per heavy atom. The Morgan fingerprint density at radius 2 is 2.03 bits per heavy atom. The first kappa shape index (κ1) is 23.1. The standard InChI is InChI=1S/C23H23ClN4O4S/c1-13-2-3-15(11-18(13)24)26-23(32)25-8-9-33-16-4-5-17-14(10-16)12-28(22(17)31)19-6-7-20(29)27-21(19)30/h2-5,10-11,19H,6-9,12H2,1H3,(H2,25,26,32)(H,27,29,30). The summed E-state index contributed by atoms with van der Waals surface area (Å²) in [6, 6.07) is 9.98. The second-order valence-electron chi connectivity index (χ2n) is 7.91. The van der Waals surface area contributed by atoms with Crippen molar-refractivity contribution >= 4 is 52.8 Å². The Labute approximate surface area is 200 Å². The van der Waals surface area contributed by atoms with Gasteiger partial charge in [0, 0.05) is 46.4 Å². The average molecular weight is 487 g/mol. The molecule has 0 radical (unpaired) electrons. The molecule has 2 aliphatic rings. The number of carbonyl (C=O) groups excluding carboxylic acids is 4. The summed E-state index contributed by atoms with van der Waals surface area (Å²) in [5, 5.41) is 8.45. The molecular formula is C23H23ClN4O4S. The lowest BCUT2D eigenvalue weighted by Gasteiger charge is -2.29. The molecule has 3 N–H and O–H groups in total. The molecule has 0 bridgehead atoms. The third-order valence-electron chi connectivity index (χ3n) is 5.58. The van der Waals surface area contributed by atoms with Gasteiger partial charge in [0.05, 0.1) is 0 Å². The van der Waals surface area contributed by atoms with Crippen molar-refractivity contribution in [2.75, 3.05) is 17.6 Å². The van der Waals surface area contributed by atoms with Crippen molar-refractivity contribution in [1.82, 2.24) is 15.5 Å². The Hall–Kier alpha value is -3.04. The molecule has 0 aliphatic carbocycles. The molecule has 0 spiro atoms. The van der Waals surface area contributed by atoms with E-state index in [2.05, 4.69) is 16.0 Å². The number of urea groups is 1. The van der Waals surface area contributed by atoms with Crippen LogP contribution in [0.25, 0.3) is 0 Å². The molecule has 4 rings (SSSR count). The number of fused-ring (bicyclic) bond motifs is 1. The zero-order chi connectivity index (χ0) is 23.5. The van der Waals surface area contributed by atoms with Gasteiger partial charge in [0.2, 0.25) is 11.8 Å². The molecule has 33 heavy (non-hydrogen) atoms. The number of thioether (sulfide) groups is 1. The summed E-state index contributed by atoms with van der Waals surface area (Å²) in [4.78, 5) is 50.9. The van der Waals surface area contributed by atoms with E-state index in [-0.39, 0.29) is 24.3 Å². The fourth-order valence-electron chi connectivity index (χ4n) is 3.82. The highest BCUT2D eigenvalue weighted by molar-refractivity contribution is 7.99. The van der Waals surface area contributed by atoms with E-state index in [4.69, 9.17) is 11.6 Å². The van der Waals surface area contributed by atoms with Crippen LogP contribution in [0.2, 0.25) is 5.02 Å². The van der Waals surface area contributed by atoms with Crippen molar-refractivity contribution in [3.8, 4) is 0 Å². The molecule has 1 fully saturated rings. The van der Waals surface area contributed by atoms with E-state index in [1.807, 2.05) is 25.1 Å². The number of rotatable bonds is 6. The van der Waals surface area contributed by atoms with Crippen LogP contribution in [0.1, 0.15) is 34.3 Å². The van der Waals surface area contributed by atoms with E-state index in [0.717, 1.165) is 16.0 Å². The molecule has 1 saturated heterocycles. The van der Waals surface area contributed by atoms with Crippen LogP contribution in [-0.2, 0) is 16.1 Å². The minimum atomic E-state index is -0.621. The zero-order valence-electron chi connectivity index (χ0n) is 17.9. The molecule has 172 valence electrons. The molecule has 2 heterocycles. The quantitative estimate of drug-likeness (QED) is 0.330. The van der Waals surface area contributed by atoms with Gasteiger partial charge in [-0.25, -0.2) is 4.79 Å². The lowest BCUT2D eigenvalue weighted by molar-refractivity contribution is -0.136. The van der Waals surface area contributed by atoms with Crippen molar-refractivity contribution in [3.63, 3.8) is 0 Å². The van der Waals surface area contributed by atoms with Crippen molar-refractivity contribution in [1.29, 1.82) is 0 Å². The number of nitrogens with zero attached hydrogens (tertiary/aromatic N) is 1. The number of aryl methyl sites for hydroxylation is 1. The third-order valence-corrected chi connectivity index (χ3v) is 6.98. The predicted molar refractivity (Wildman–Crippen MR) is 126 cm³/mol. The molecule has 10 heteroatoms. The highest BCUT2D eigenvalue weighted by Crippen LogP contribution is 2.30. The summed E-state index contributed by atoms with van der Waals surface area (Å²) < 4.78 is 0. The number of carbonyl (C=O) groups is 4. The summed E-state index contributed by atoms with van der Waals surface area (Å²) in [5.41, 5.74) is 3.00. The van der Waals surface area contributed by atoms with Crippen LogP contribution in [0.3, 0.4) is 0 Å². The van der Waals surface area contributed by atoms with E-state index >= 15 is 0 Å². The summed E-state index contributed by atoms with van der Waals surface area (Å²) >= 11 is 7.64. The number of benzene rings is 2. The van der Waals surface area contributed by atoms with Gasteiger partial charge in [-0.05, 0) is 54.8 Å². The summed E-state index contributed by atoms with van der Waals surface area (Å²) in [6.07, 6.45) is 0.573. The van der Waals surface area contributed by atoms with Gasteiger partial charge in [-0.1, -0.05) is 17.7 Å². The number of hydrogen-bond acceptors (Lipinski definition) is 5. The fourth-order valence-corrected chi connectivity index (χ4v) is 4.83. The minimum Gasteiger partial charge on any atom is -0.337 e. The number of halogens is 1. The van der Waals surface area contributed by atoms with Crippen LogP contribution in [0.4, 0.5) is 10.5 Å². The fraction of sp³-hybridized carbons (Fsp3) is 0.304. The molecule has 1 atom stereocenters. The van der Waals surface area contributed by atoms with Crippen LogP contribution in [-0.4, -0.2) is 47.0 Å². The van der Waals surface area contributed by atoms with E-state index in [0.29, 0.717) is 41.5 Å². The summed E-state index contributed by atoms with van der Waals surface area (Å²) in [6.45, 7) is 2.69. The molecular weight excluding hydrogens is 464 g/mol. The maximum absolute atomic E-state index is 12.8. The maximum atomic E-state index is 12.8. The van der Waals surface area contributed by atoms with E-state index in [1.165, 1.54) is 4.90 Å². The number of amides is 5. The first-order valence-electron chi connectivity index (χ1n) is 10.5. The Balaban J connectivity index is 1.27. The van der Waals surface area contributed by atoms with Gasteiger partial charge in [0.25, 0.3) is 5.91 Å². The monoisotopic (exact) mass is 486 g/mol. The van der Waals surface area contributed by atoms with Gasteiger partial charge < -0.3 is 15.5 Å². The van der Waals surface area contributed by atoms with Crippen molar-refractivity contribution in [3.05, 3.63) is 58.1 Å². The minimum absolute atomic E-state index is 0.189. The maximum Gasteiger partial charge on any atom is 0.319 e. The summed E-state index contributed by atoms with van der Waals surface area (Å²) in [7, 11) is 0. The second-order valence-corrected chi connectivity index (χ2v) is 9.49. The molecule has 2 aromatic rings. The zero-order valence-corrected chi connectivity index (χ0v) is 19.5. The normalized spacial score (nSPS) is 17.6. The van der Waals surface area contributed by atoms with Crippen LogP contribution in [0, 0.1) is 6.92 Å². The highest BCUT2D eigenvalue weighted by atomic mass is 35.5. The molecule has 8 nitrogen and oxygen atoms in total. The van der Waals surface area contributed by atoms with Gasteiger partial charge in [0.1, 0.15) is 6.04 Å². The second kappa shape index (κ2) is 9.84. The number of hydrogen-bond donors (Lipinski definition) is 3. The first-order valence-corrected chi connectivity index (χ1v) is 11.9. The van der Waals surface area contributed by atoms with Gasteiger partial charge in [-0.3, -0.25) is 19.7 Å². The van der Waals surface area contributed by atoms with Crippen molar-refractivity contribution in [2.45, 2.75) is 37.2 Å². The van der Waals surface area contributed by atoms with E-state index in [1.54, 1.807) is 30.0 Å². The molecule has 2 aromatic carbocycles. The Morgan fingerprint density at radius 3 is 2.79 bits per heavy atom. The number of anilines is 1. The molecule has 2 aliphatic heterocycles. The number of nitrogens with one attached hydrogen (secondary N) is 3. The smallest absolute Gasteiger partial charge is 0.319 e. The molecule has 0 aromatic heterocycles. The van der Waals surface area contributed by atoms with Crippen molar-refractivity contribution < 1.29 is 19.2 Å². The first-order chi connectivity index (χ1) is 15.8. The van der Waals surface area contributed by atoms with Crippen LogP contribution in [0.5, 0.6) is 0 Å². The molecule has 0 saturated carbocycles. The van der Waals surface area contributed by atoms with E-state index in [9.17, 15) is 19.2 Å². The van der Waals surface area contributed by atoms with Gasteiger partial charge in [-0.2, -0.15) is 0 Å². The highest BCUT2D eigenvalue weighted by Gasteiger charge is 2.39. The molecule has 5 amide bonds.